The molecule has 2 heterocycles. The zero-order valence-electron chi connectivity index (χ0n) is 11.7. The Morgan fingerprint density at radius 3 is 2.58 bits per heavy atom. The number of nitrogens with zero attached hydrogens (tertiary/aromatic N) is 1. The Balaban J connectivity index is 1.97. The van der Waals surface area contributed by atoms with Crippen molar-refractivity contribution in [2.75, 3.05) is 32.7 Å². The van der Waals surface area contributed by atoms with Crippen molar-refractivity contribution < 1.29 is 13.2 Å². The molecule has 1 saturated heterocycles. The van der Waals surface area contributed by atoms with E-state index in [1.807, 2.05) is 0 Å². The molecule has 0 amide bonds. The van der Waals surface area contributed by atoms with Gasteiger partial charge in [0.25, 0.3) is 0 Å². The quantitative estimate of drug-likeness (QED) is 0.797. The Morgan fingerprint density at radius 2 is 2.16 bits per heavy atom. The Bertz CT molecular complexity index is 341. The molecular weight excluding hydrogens is 253 g/mol. The predicted octanol–water partition coefficient (Wildman–Crippen LogP) is 2.82. The van der Waals surface area contributed by atoms with Gasteiger partial charge in [-0.25, -0.2) is 0 Å². The first-order valence-electron chi connectivity index (χ1n) is 7.03. The lowest BCUT2D eigenvalue weighted by Gasteiger charge is -2.39. The standard InChI is InChI=1S/C14H23F3N2/c1-11(2)13(5-6-18-9-13)10-19-7-3-12(4-8-19)14(15,16)17/h3,11,18H,4-10H2,1-2H3. The topological polar surface area (TPSA) is 15.3 Å². The van der Waals surface area contributed by atoms with Crippen molar-refractivity contribution in [3.05, 3.63) is 11.6 Å². The van der Waals surface area contributed by atoms with Crippen LogP contribution in [0.1, 0.15) is 26.7 Å². The van der Waals surface area contributed by atoms with Gasteiger partial charge in [0.05, 0.1) is 0 Å². The van der Waals surface area contributed by atoms with Crippen LogP contribution in [-0.2, 0) is 0 Å². The summed E-state index contributed by atoms with van der Waals surface area (Å²) < 4.78 is 37.7. The van der Waals surface area contributed by atoms with Gasteiger partial charge >= 0.3 is 6.18 Å². The molecule has 0 aromatic carbocycles. The van der Waals surface area contributed by atoms with Crippen molar-refractivity contribution in [3.8, 4) is 0 Å². The molecule has 2 aliphatic rings. The summed E-state index contributed by atoms with van der Waals surface area (Å²) in [6, 6.07) is 0. The van der Waals surface area contributed by atoms with Crippen molar-refractivity contribution in [2.45, 2.75) is 32.9 Å². The second-order valence-electron chi connectivity index (χ2n) is 6.16. The van der Waals surface area contributed by atoms with E-state index in [9.17, 15) is 13.2 Å². The van der Waals surface area contributed by atoms with Crippen LogP contribution in [0.4, 0.5) is 13.2 Å². The predicted molar refractivity (Wildman–Crippen MR) is 70.0 cm³/mol. The molecule has 110 valence electrons. The van der Waals surface area contributed by atoms with Crippen LogP contribution in [-0.4, -0.2) is 43.8 Å². The highest BCUT2D eigenvalue weighted by atomic mass is 19.4. The third-order valence-corrected chi connectivity index (χ3v) is 4.70. The van der Waals surface area contributed by atoms with E-state index in [-0.39, 0.29) is 17.4 Å². The number of nitrogens with one attached hydrogen (secondary N) is 1. The second-order valence-corrected chi connectivity index (χ2v) is 6.16. The molecule has 0 aromatic heterocycles. The molecule has 2 rings (SSSR count). The minimum Gasteiger partial charge on any atom is -0.316 e. The normalized spacial score (nSPS) is 29.9. The summed E-state index contributed by atoms with van der Waals surface area (Å²) in [5.41, 5.74) is -0.129. The van der Waals surface area contributed by atoms with E-state index in [4.69, 9.17) is 0 Å². The van der Waals surface area contributed by atoms with Crippen molar-refractivity contribution >= 4 is 0 Å². The lowest BCUT2D eigenvalue weighted by atomic mass is 9.76. The Hall–Kier alpha value is -0.550. The van der Waals surface area contributed by atoms with Crippen LogP contribution in [0.3, 0.4) is 0 Å². The molecule has 19 heavy (non-hydrogen) atoms. The zero-order chi connectivity index (χ0) is 14.1. The summed E-state index contributed by atoms with van der Waals surface area (Å²) in [6.45, 7) is 8.30. The average Bonchev–Trinajstić information content (AvgIpc) is 2.78. The molecule has 5 heteroatoms. The smallest absolute Gasteiger partial charge is 0.316 e. The molecule has 0 radical (unpaired) electrons. The highest BCUT2D eigenvalue weighted by Crippen LogP contribution is 2.36. The third kappa shape index (κ3) is 3.31. The van der Waals surface area contributed by atoms with E-state index < -0.39 is 6.18 Å². The number of hydrogen-bond acceptors (Lipinski definition) is 2. The fourth-order valence-corrected chi connectivity index (χ4v) is 3.13. The van der Waals surface area contributed by atoms with Crippen LogP contribution in [0.5, 0.6) is 0 Å². The lowest BCUT2D eigenvalue weighted by Crippen LogP contribution is -2.44. The van der Waals surface area contributed by atoms with Crippen LogP contribution in [0, 0.1) is 11.3 Å². The van der Waals surface area contributed by atoms with Crippen LogP contribution < -0.4 is 5.32 Å². The van der Waals surface area contributed by atoms with E-state index in [0.29, 0.717) is 19.0 Å². The van der Waals surface area contributed by atoms with E-state index >= 15 is 0 Å². The van der Waals surface area contributed by atoms with Crippen LogP contribution in [0.2, 0.25) is 0 Å². The SMILES string of the molecule is CC(C)C1(CN2CC=C(C(F)(F)F)CC2)CCNC1. The Kier molecular flexibility index (Phi) is 4.26. The first kappa shape index (κ1) is 14.9. The fraction of sp³-hybridized carbons (Fsp3) is 0.857. The minimum absolute atomic E-state index is 0.130. The summed E-state index contributed by atoms with van der Waals surface area (Å²) in [6.07, 6.45) is -1.53. The van der Waals surface area contributed by atoms with E-state index in [1.54, 1.807) is 0 Å². The van der Waals surface area contributed by atoms with Gasteiger partial charge in [-0.2, -0.15) is 13.2 Å². The first-order valence-corrected chi connectivity index (χ1v) is 7.03. The first-order chi connectivity index (χ1) is 8.83. The molecule has 2 aliphatic heterocycles. The van der Waals surface area contributed by atoms with Crippen molar-refractivity contribution in [1.29, 1.82) is 0 Å². The van der Waals surface area contributed by atoms with Gasteiger partial charge in [-0.1, -0.05) is 19.9 Å². The van der Waals surface area contributed by atoms with Gasteiger partial charge < -0.3 is 5.32 Å². The summed E-state index contributed by atoms with van der Waals surface area (Å²) in [4.78, 5) is 2.17. The monoisotopic (exact) mass is 276 g/mol. The van der Waals surface area contributed by atoms with Crippen molar-refractivity contribution in [3.63, 3.8) is 0 Å². The molecule has 2 nitrogen and oxygen atoms in total. The molecule has 0 saturated carbocycles. The van der Waals surface area contributed by atoms with Gasteiger partial charge in [0.15, 0.2) is 0 Å². The lowest BCUT2D eigenvalue weighted by molar-refractivity contribution is -0.0963. The van der Waals surface area contributed by atoms with Crippen molar-refractivity contribution in [2.24, 2.45) is 11.3 Å². The van der Waals surface area contributed by atoms with Crippen molar-refractivity contribution in [1.82, 2.24) is 10.2 Å². The summed E-state index contributed by atoms with van der Waals surface area (Å²) >= 11 is 0. The van der Waals surface area contributed by atoms with Gasteiger partial charge in [0.1, 0.15) is 0 Å². The van der Waals surface area contributed by atoms with Crippen LogP contribution in [0.25, 0.3) is 0 Å². The minimum atomic E-state index is -4.14. The largest absolute Gasteiger partial charge is 0.412 e. The van der Waals surface area contributed by atoms with E-state index in [0.717, 1.165) is 26.1 Å². The number of halogens is 3. The summed E-state index contributed by atoms with van der Waals surface area (Å²) in [7, 11) is 0. The average molecular weight is 276 g/mol. The molecule has 1 unspecified atom stereocenters. The van der Waals surface area contributed by atoms with E-state index in [2.05, 4.69) is 24.1 Å². The fourth-order valence-electron chi connectivity index (χ4n) is 3.13. The second kappa shape index (κ2) is 5.44. The van der Waals surface area contributed by atoms with Gasteiger partial charge in [0, 0.05) is 31.8 Å². The number of rotatable bonds is 3. The molecule has 0 aliphatic carbocycles. The summed E-state index contributed by atoms with van der Waals surface area (Å²) in [5.74, 6) is 0.551. The Morgan fingerprint density at radius 1 is 1.42 bits per heavy atom. The molecule has 0 bridgehead atoms. The molecule has 0 aromatic rings. The number of hydrogen-bond donors (Lipinski definition) is 1. The maximum atomic E-state index is 12.6. The molecule has 1 N–H and O–H groups in total. The van der Waals surface area contributed by atoms with Gasteiger partial charge in [0.2, 0.25) is 0 Å². The zero-order valence-corrected chi connectivity index (χ0v) is 11.7. The third-order valence-electron chi connectivity index (χ3n) is 4.70. The molecule has 1 atom stereocenters. The Labute approximate surface area is 113 Å². The van der Waals surface area contributed by atoms with Crippen LogP contribution >= 0.6 is 0 Å². The number of alkyl halides is 3. The van der Waals surface area contributed by atoms with Gasteiger partial charge in [-0.05, 0) is 30.7 Å². The summed E-state index contributed by atoms with van der Waals surface area (Å²) in [5, 5.41) is 3.40. The van der Waals surface area contributed by atoms with Gasteiger partial charge in [-0.3, -0.25) is 4.90 Å². The van der Waals surface area contributed by atoms with E-state index in [1.165, 1.54) is 6.08 Å². The molecule has 0 spiro atoms. The maximum Gasteiger partial charge on any atom is 0.412 e. The highest BCUT2D eigenvalue weighted by molar-refractivity contribution is 5.13. The maximum absolute atomic E-state index is 12.6. The van der Waals surface area contributed by atoms with Gasteiger partial charge in [-0.15, -0.1) is 0 Å². The highest BCUT2D eigenvalue weighted by Gasteiger charge is 2.40. The molecule has 1 fully saturated rings. The van der Waals surface area contributed by atoms with Crippen LogP contribution in [0.15, 0.2) is 11.6 Å². The molecular formula is C14H23F3N2.